The van der Waals surface area contributed by atoms with Crippen molar-refractivity contribution >= 4 is 47.8 Å². The predicted molar refractivity (Wildman–Crippen MR) is 306 cm³/mol. The van der Waals surface area contributed by atoms with Crippen LogP contribution in [0.4, 0.5) is 0 Å². The summed E-state index contributed by atoms with van der Waals surface area (Å²) < 4.78 is 10.4. The van der Waals surface area contributed by atoms with Gasteiger partial charge in [-0.15, -0.1) is 0 Å². The van der Waals surface area contributed by atoms with E-state index in [1.165, 1.54) is 230 Å². The quantitative estimate of drug-likeness (QED) is 0.0364. The van der Waals surface area contributed by atoms with Crippen LogP contribution < -0.4 is 10.2 Å². The second kappa shape index (κ2) is 60.0. The average Bonchev–Trinajstić information content (AvgIpc) is 3.39. The largest absolute Gasteiger partial charge is 2.00 e. The van der Waals surface area contributed by atoms with E-state index in [0.717, 1.165) is 51.4 Å². The van der Waals surface area contributed by atoms with Crippen molar-refractivity contribution in [2.24, 2.45) is 0 Å². The first kappa shape index (κ1) is 74.4. The fourth-order valence-electron chi connectivity index (χ4n) is 8.32. The minimum absolute atomic E-state index is 0. The number of carbonyl (C=O) groups is 4. The maximum Gasteiger partial charge on any atom is 2.00 e. The molecule has 0 fully saturated rings. The molecule has 8 nitrogen and oxygen atoms in total. The molecule has 0 aliphatic heterocycles. The number of unbranched alkanes of at least 4 members (excludes halogenated alkanes) is 36. The minimum Gasteiger partial charge on any atom is -0.545 e. The first-order valence-electron chi connectivity index (χ1n) is 29.7. The summed E-state index contributed by atoms with van der Waals surface area (Å²) in [5.74, 6) is -3.89. The van der Waals surface area contributed by atoms with Gasteiger partial charge < -0.3 is 29.3 Å². The summed E-state index contributed by atoms with van der Waals surface area (Å²) in [6.45, 7) is 17.2. The molecule has 0 aliphatic carbocycles. The molecule has 416 valence electrons. The van der Waals surface area contributed by atoms with Gasteiger partial charge in [-0.3, -0.25) is 0 Å². The molecule has 0 saturated heterocycles. The van der Waals surface area contributed by atoms with E-state index >= 15 is 0 Å². The average molecular weight is 1120 g/mol. The van der Waals surface area contributed by atoms with Gasteiger partial charge in [0.05, 0.1) is 36.3 Å². The molecule has 2 aromatic rings. The van der Waals surface area contributed by atoms with Gasteiger partial charge in [0, 0.05) is 11.1 Å². The number of carbonyl (C=O) groups excluding carboxylic acids is 4. The maximum atomic E-state index is 12.0. The molecule has 9 heteroatoms. The standard InChI is InChI=1S/2C24H38O4.2C8H17.Sn/c2*1-2-3-4-5-6-7-8-9-10-11-12-13-14-17-20-28-24(27)22-19-16-15-18-21(22)23(25)26;2*1-3-5-7-8-6-4-2;/h2*15-16,18-19H,2-14,17,20H2,1H3,(H,25,26);2*1,3-8H2,2H3;/q;;;;+2/p-2. The molecule has 0 saturated carbocycles. The summed E-state index contributed by atoms with van der Waals surface area (Å²) in [6.07, 6.45) is 51.7. The van der Waals surface area contributed by atoms with E-state index < -0.39 is 23.9 Å². The number of hydrogen-bond acceptors (Lipinski definition) is 8. The van der Waals surface area contributed by atoms with E-state index in [2.05, 4.69) is 41.5 Å². The van der Waals surface area contributed by atoms with E-state index in [-0.39, 0.29) is 46.2 Å². The van der Waals surface area contributed by atoms with E-state index in [0.29, 0.717) is 13.2 Å². The fraction of sp³-hybridized carbons (Fsp3) is 0.719. The van der Waals surface area contributed by atoms with Crippen molar-refractivity contribution < 1.29 is 38.9 Å². The Bertz CT molecular complexity index is 1390. The number of esters is 2. The molecule has 0 aliphatic rings. The molecule has 4 radical (unpaired) electrons. The first-order valence-corrected chi connectivity index (χ1v) is 29.7. The Hall–Kier alpha value is -2.88. The van der Waals surface area contributed by atoms with Crippen LogP contribution in [0.1, 0.15) is 326 Å². The summed E-state index contributed by atoms with van der Waals surface area (Å²) in [6, 6.07) is 12.0. The predicted octanol–water partition coefficient (Wildman–Crippen LogP) is 17.4. The maximum absolute atomic E-state index is 12.0. The Morgan fingerprint density at radius 2 is 0.521 bits per heavy atom. The van der Waals surface area contributed by atoms with Crippen molar-refractivity contribution in [2.75, 3.05) is 13.2 Å². The zero-order valence-corrected chi connectivity index (χ0v) is 50.4. The van der Waals surface area contributed by atoms with E-state index in [1.807, 2.05) is 0 Å². The molecular formula is C64H108O8Sn. The summed E-state index contributed by atoms with van der Waals surface area (Å²) in [4.78, 5) is 46.0. The third kappa shape index (κ3) is 49.7. The Balaban J connectivity index is -0.00000102. The van der Waals surface area contributed by atoms with Crippen LogP contribution in [-0.4, -0.2) is 61.0 Å². The fourth-order valence-corrected chi connectivity index (χ4v) is 8.32. The Labute approximate surface area is 466 Å². The van der Waals surface area contributed by atoms with Gasteiger partial charge in [-0.05, 0) is 25.0 Å². The van der Waals surface area contributed by atoms with E-state index in [4.69, 9.17) is 9.47 Å². The van der Waals surface area contributed by atoms with Crippen LogP contribution in [0.2, 0.25) is 0 Å². The van der Waals surface area contributed by atoms with Crippen molar-refractivity contribution in [2.45, 2.75) is 285 Å². The van der Waals surface area contributed by atoms with Crippen LogP contribution in [-0.2, 0) is 9.47 Å². The molecular weight excluding hydrogens is 1020 g/mol. The van der Waals surface area contributed by atoms with Crippen LogP contribution in [0.15, 0.2) is 48.5 Å². The molecule has 0 aromatic heterocycles. The molecule has 0 heterocycles. The summed E-state index contributed by atoms with van der Waals surface area (Å²) in [5, 5.41) is 22.0. The number of hydrogen-bond donors (Lipinski definition) is 0. The molecule has 2 rings (SSSR count). The summed E-state index contributed by atoms with van der Waals surface area (Å²) >= 11 is 0. The van der Waals surface area contributed by atoms with Crippen molar-refractivity contribution in [1.29, 1.82) is 0 Å². The zero-order chi connectivity index (χ0) is 53.4. The third-order valence-corrected chi connectivity index (χ3v) is 12.9. The number of carboxylic acids is 2. The molecule has 0 atom stereocenters. The van der Waals surface area contributed by atoms with Crippen molar-refractivity contribution in [3.8, 4) is 0 Å². The Kier molecular flexibility index (Phi) is 61.1. The topological polar surface area (TPSA) is 133 Å². The molecule has 0 unspecified atom stereocenters. The van der Waals surface area contributed by atoms with Crippen LogP contribution in [0.3, 0.4) is 0 Å². The van der Waals surface area contributed by atoms with Gasteiger partial charge in [0.15, 0.2) is 0 Å². The molecule has 0 N–H and O–H groups in total. The van der Waals surface area contributed by atoms with E-state index in [1.54, 1.807) is 24.3 Å². The zero-order valence-electron chi connectivity index (χ0n) is 47.5. The van der Waals surface area contributed by atoms with Gasteiger partial charge in [0.25, 0.3) is 0 Å². The Morgan fingerprint density at radius 1 is 0.329 bits per heavy atom. The number of rotatable bonds is 44. The summed E-state index contributed by atoms with van der Waals surface area (Å²) in [7, 11) is 0. The van der Waals surface area contributed by atoms with Crippen molar-refractivity contribution in [3.05, 3.63) is 84.6 Å². The van der Waals surface area contributed by atoms with Gasteiger partial charge in [-0.2, -0.15) is 0 Å². The third-order valence-electron chi connectivity index (χ3n) is 12.9. The smallest absolute Gasteiger partial charge is 0.545 e. The molecule has 0 spiro atoms. The van der Waals surface area contributed by atoms with Crippen LogP contribution in [0.5, 0.6) is 0 Å². The normalized spacial score (nSPS) is 10.4. The van der Waals surface area contributed by atoms with Crippen LogP contribution in [0, 0.1) is 13.8 Å². The first-order chi connectivity index (χ1) is 35.2. The second-order valence-electron chi connectivity index (χ2n) is 19.7. The van der Waals surface area contributed by atoms with Crippen LogP contribution in [0.25, 0.3) is 0 Å². The van der Waals surface area contributed by atoms with Gasteiger partial charge >= 0.3 is 35.8 Å². The van der Waals surface area contributed by atoms with Gasteiger partial charge in [0.2, 0.25) is 0 Å². The van der Waals surface area contributed by atoms with Gasteiger partial charge in [0.1, 0.15) is 0 Å². The number of carboxylic acid groups (broad SMARTS) is 2. The number of aromatic carboxylic acids is 2. The molecule has 0 amide bonds. The van der Waals surface area contributed by atoms with Gasteiger partial charge in [-0.1, -0.05) is 322 Å². The number of benzene rings is 2. The van der Waals surface area contributed by atoms with E-state index in [9.17, 15) is 29.4 Å². The molecule has 73 heavy (non-hydrogen) atoms. The second-order valence-corrected chi connectivity index (χ2v) is 19.7. The van der Waals surface area contributed by atoms with Crippen molar-refractivity contribution in [3.63, 3.8) is 0 Å². The summed E-state index contributed by atoms with van der Waals surface area (Å²) in [5.41, 5.74) is -0.109. The molecule has 0 bridgehead atoms. The van der Waals surface area contributed by atoms with Crippen LogP contribution >= 0.6 is 0 Å². The minimum atomic E-state index is -1.36. The SMILES string of the molecule is CCCCCCCCCCCCCCCCOC(=O)c1ccccc1C(=O)[O-].CCCCCCCCCCCCCCCCOC(=O)c1ccccc1C(=O)[O-].[CH2]CCCCCCC.[CH2]CCCCCCC.[Sn+2]. The van der Waals surface area contributed by atoms with Gasteiger partial charge in [-0.25, -0.2) is 9.59 Å². The Morgan fingerprint density at radius 3 is 0.726 bits per heavy atom. The monoisotopic (exact) mass is 1120 g/mol. The number of ether oxygens (including phenoxy) is 2. The molecule has 2 aromatic carbocycles. The van der Waals surface area contributed by atoms with Crippen molar-refractivity contribution in [1.82, 2.24) is 0 Å².